The highest BCUT2D eigenvalue weighted by Crippen LogP contribution is 2.42. The minimum Gasteiger partial charge on any atom is -0.484 e. The number of benzene rings is 1. The molecule has 0 spiro atoms. The van der Waals surface area contributed by atoms with Gasteiger partial charge in [-0.3, -0.25) is 24.0 Å². The van der Waals surface area contributed by atoms with E-state index in [9.17, 15) is 38.4 Å². The molecule has 2 N–H and O–H groups in total. The van der Waals surface area contributed by atoms with Crippen molar-refractivity contribution in [3.63, 3.8) is 0 Å². The maximum absolute atomic E-state index is 11.7. The number of hydrogen-bond acceptors (Lipinski definition) is 19. The average Bonchev–Trinajstić information content (AvgIpc) is 0.881. The van der Waals surface area contributed by atoms with E-state index < -0.39 is 54.7 Å². The maximum Gasteiger partial charge on any atom is 0.375 e. The molecule has 1 aromatic rings. The van der Waals surface area contributed by atoms with Gasteiger partial charge in [-0.25, -0.2) is 14.4 Å². The first-order valence-electron chi connectivity index (χ1n) is 32.3. The van der Waals surface area contributed by atoms with Gasteiger partial charge in [-0.15, -0.1) is 0 Å². The summed E-state index contributed by atoms with van der Waals surface area (Å²) in [7, 11) is 1.94. The molecule has 0 aliphatic carbocycles. The standard InChI is InChI=1S/C18H27NO5.C13H24O3.C12H23NO4.C11H20O3.C10H24O2Si.C8H18S2.CH4/c1-17(2,3)19-15(20)11-22-13-7-9-14(10-8-13)23-12-16(21)24-18(4,5)6;1-12(2,3)9-10(14)7-8-11(15)16-13(4,5)6;1-11(2,3)13-9(14)7-16-8-10(15)17-12(4,5)6;1-10(2,3)7-8(12)9(13)14-11(4,5)6;1-9(2,3)11-13(7,8)12-10(4,5)6;1-7(2,3)9-10-8(4,5)6;/h7-10H,11-12H2,1-6H3,(H,19,20);7-9H2,1-6H3;7-8H2,1-6H3,(H,13,14);7H2,1-6H3;1-8H3;1-6H3;1H4. The van der Waals surface area contributed by atoms with Crippen LogP contribution in [0.15, 0.2) is 24.3 Å². The lowest BCUT2D eigenvalue weighted by Gasteiger charge is -2.36. The summed E-state index contributed by atoms with van der Waals surface area (Å²) < 4.78 is 48.6. The van der Waals surface area contributed by atoms with Crippen LogP contribution in [0.3, 0.4) is 0 Å². The molecule has 0 aliphatic heterocycles. The third kappa shape index (κ3) is 85.8. The number of carbonyl (C=O) groups is 8. The first-order chi connectivity index (χ1) is 41.1. The molecule has 0 heterocycles. The van der Waals surface area contributed by atoms with Crippen LogP contribution in [-0.4, -0.2) is 136 Å². The number of carbonyl (C=O) groups excluding carboxylic acids is 8. The first-order valence-corrected chi connectivity index (χ1v) is 37.3. The summed E-state index contributed by atoms with van der Waals surface area (Å²) in [5.41, 5.74) is -3.12. The molecular weight excluding hydrogens is 1270 g/mol. The Bertz CT molecular complexity index is 2250. The SMILES string of the molecule is C.CC(C)(C)CC(=O)C(=O)OC(C)(C)C.CC(C)(C)CC(=O)CCC(=O)OC(C)(C)C.CC(C)(C)NC(=O)COCC(=O)OC(C)(C)C.CC(C)(C)NC(=O)COc1ccc(OCC(=O)OC(C)(C)C)cc1.CC(C)(C)O[Si](C)(C)OC(C)(C)C.CC(C)(C)SSC(C)(C)C. The van der Waals surface area contributed by atoms with Gasteiger partial charge in [-0.05, 0) is 214 Å². The summed E-state index contributed by atoms with van der Waals surface area (Å²) >= 11 is 0. The number of amides is 2. The van der Waals surface area contributed by atoms with Crippen LogP contribution in [0.4, 0.5) is 0 Å². The molecule has 19 nitrogen and oxygen atoms in total. The smallest absolute Gasteiger partial charge is 0.375 e. The fourth-order valence-electron chi connectivity index (χ4n) is 6.75. The quantitative estimate of drug-likeness (QED) is 0.0430. The molecule has 1 aromatic carbocycles. The van der Waals surface area contributed by atoms with Crippen LogP contribution in [0, 0.1) is 10.8 Å². The van der Waals surface area contributed by atoms with Crippen molar-refractivity contribution in [1.82, 2.24) is 10.6 Å². The van der Waals surface area contributed by atoms with Gasteiger partial charge in [0, 0.05) is 39.8 Å². The van der Waals surface area contributed by atoms with E-state index in [1.54, 1.807) is 86.6 Å². The topological polar surface area (TPSA) is 244 Å². The number of Topliss-reactive ketones (excluding diaryl/α,β-unsaturated/α-hetero) is 2. The van der Waals surface area contributed by atoms with E-state index in [1.165, 1.54) is 0 Å². The highest BCUT2D eigenvalue weighted by atomic mass is 33.1. The van der Waals surface area contributed by atoms with E-state index in [0.717, 1.165) is 0 Å². The van der Waals surface area contributed by atoms with Crippen molar-refractivity contribution in [3.05, 3.63) is 24.3 Å². The van der Waals surface area contributed by atoms with Crippen molar-refractivity contribution in [2.45, 2.75) is 350 Å². The van der Waals surface area contributed by atoms with Gasteiger partial charge in [-0.1, -0.05) is 112 Å². The Morgan fingerprint density at radius 2 is 0.684 bits per heavy atom. The second-order valence-electron chi connectivity index (χ2n) is 35.6. The largest absolute Gasteiger partial charge is 0.484 e. The molecule has 0 unspecified atom stereocenters. The molecule has 560 valence electrons. The van der Waals surface area contributed by atoms with Crippen molar-refractivity contribution in [2.75, 3.05) is 26.4 Å². The minimum atomic E-state index is -1.97. The predicted octanol–water partition coefficient (Wildman–Crippen LogP) is 17.3. The summed E-state index contributed by atoms with van der Waals surface area (Å²) in [6, 6.07) is 6.69. The summed E-state index contributed by atoms with van der Waals surface area (Å²) in [4.78, 5) is 91.3. The Labute approximate surface area is 588 Å². The van der Waals surface area contributed by atoms with Gasteiger partial charge in [-0.2, -0.15) is 0 Å². The van der Waals surface area contributed by atoms with Crippen molar-refractivity contribution < 1.29 is 80.4 Å². The molecule has 0 aromatic heterocycles. The van der Waals surface area contributed by atoms with Gasteiger partial charge in [0.15, 0.2) is 13.2 Å². The van der Waals surface area contributed by atoms with Crippen LogP contribution in [-0.2, 0) is 70.9 Å². The fraction of sp³-hybridized carbons (Fsp3) is 0.808. The zero-order valence-corrected chi connectivity index (χ0v) is 68.9. The van der Waals surface area contributed by atoms with Gasteiger partial charge in [0.05, 0.1) is 17.6 Å². The molecule has 0 aliphatic rings. The summed E-state index contributed by atoms with van der Waals surface area (Å²) in [5, 5.41) is 5.54. The van der Waals surface area contributed by atoms with E-state index in [-0.39, 0.29) is 110 Å². The lowest BCUT2D eigenvalue weighted by molar-refractivity contribution is -0.163. The molecule has 1 rings (SSSR count). The summed E-state index contributed by atoms with van der Waals surface area (Å²) in [6.07, 6.45) is 1.20. The molecule has 95 heavy (non-hydrogen) atoms. The van der Waals surface area contributed by atoms with E-state index in [1.807, 2.05) is 125 Å². The van der Waals surface area contributed by atoms with E-state index >= 15 is 0 Å². The highest BCUT2D eigenvalue weighted by molar-refractivity contribution is 8.77. The molecule has 0 atom stereocenters. The molecular formula is C73H140N2O17S2Si. The van der Waals surface area contributed by atoms with Crippen LogP contribution in [0.5, 0.6) is 11.5 Å². The number of hydrogen-bond donors (Lipinski definition) is 2. The average molecular weight is 1410 g/mol. The molecule has 2 amide bonds. The zero-order chi connectivity index (χ0) is 76.0. The predicted molar refractivity (Wildman–Crippen MR) is 395 cm³/mol. The van der Waals surface area contributed by atoms with Gasteiger partial charge in [0.25, 0.3) is 5.91 Å². The van der Waals surface area contributed by atoms with Crippen LogP contribution in [0.25, 0.3) is 0 Å². The Kier molecular flexibility index (Phi) is 45.7. The number of esters is 4. The van der Waals surface area contributed by atoms with E-state index in [0.29, 0.717) is 27.4 Å². The normalized spacial score (nSPS) is 12.5. The van der Waals surface area contributed by atoms with Gasteiger partial charge >= 0.3 is 32.4 Å². The lowest BCUT2D eigenvalue weighted by Crippen LogP contribution is -2.46. The van der Waals surface area contributed by atoms with Crippen molar-refractivity contribution >= 4 is 77.4 Å². The maximum atomic E-state index is 11.7. The summed E-state index contributed by atoms with van der Waals surface area (Å²) in [6.45, 7) is 74.0. The third-order valence-corrected chi connectivity index (χ3v) is 15.1. The van der Waals surface area contributed by atoms with Crippen molar-refractivity contribution in [2.24, 2.45) is 10.8 Å². The highest BCUT2D eigenvalue weighted by Gasteiger charge is 2.35. The molecule has 0 fully saturated rings. The van der Waals surface area contributed by atoms with Crippen molar-refractivity contribution in [3.8, 4) is 11.5 Å². The van der Waals surface area contributed by atoms with Crippen LogP contribution in [0.1, 0.15) is 282 Å². The number of nitrogens with one attached hydrogen (secondary N) is 2. The Morgan fingerprint density at radius 1 is 0.379 bits per heavy atom. The number of rotatable bonds is 19. The van der Waals surface area contributed by atoms with Gasteiger partial charge in [0.2, 0.25) is 11.7 Å². The fourth-order valence-corrected chi connectivity index (χ4v) is 11.7. The van der Waals surface area contributed by atoms with Crippen LogP contribution in [0.2, 0.25) is 13.1 Å². The molecule has 0 saturated carbocycles. The van der Waals surface area contributed by atoms with Crippen LogP contribution >= 0.6 is 21.6 Å². The monoisotopic (exact) mass is 1410 g/mol. The van der Waals surface area contributed by atoms with E-state index in [2.05, 4.69) is 107 Å². The number of ketones is 2. The first kappa shape index (κ1) is 102. The molecule has 0 saturated heterocycles. The second kappa shape index (κ2) is 42.7. The zero-order valence-electron chi connectivity index (χ0n) is 66.2. The molecule has 0 radical (unpaired) electrons. The van der Waals surface area contributed by atoms with Crippen LogP contribution < -0.4 is 20.1 Å². The van der Waals surface area contributed by atoms with E-state index in [4.69, 9.17) is 42.0 Å². The third-order valence-electron chi connectivity index (χ3n) is 8.59. The Balaban J connectivity index is -0.000000255. The minimum absolute atomic E-state index is 0. The van der Waals surface area contributed by atoms with Crippen molar-refractivity contribution in [1.29, 1.82) is 0 Å². The van der Waals surface area contributed by atoms with Gasteiger partial charge in [0.1, 0.15) is 52.9 Å². The Hall–Kier alpha value is -4.22. The Morgan fingerprint density at radius 3 is 0.979 bits per heavy atom. The summed E-state index contributed by atoms with van der Waals surface area (Å²) in [5.74, 6) is -1.62. The molecule has 0 bridgehead atoms. The number of ether oxygens (including phenoxy) is 7. The second-order valence-corrected chi connectivity index (χ2v) is 42.5. The van der Waals surface area contributed by atoms with Gasteiger partial charge < -0.3 is 52.6 Å². The molecule has 22 heteroatoms. The lowest BCUT2D eigenvalue weighted by atomic mass is 9.89.